The van der Waals surface area contributed by atoms with Crippen LogP contribution in [0.3, 0.4) is 0 Å². The predicted molar refractivity (Wildman–Crippen MR) is 68.5 cm³/mol. The lowest BCUT2D eigenvalue weighted by Gasteiger charge is -2.08. The molecule has 0 unspecified atom stereocenters. The van der Waals surface area contributed by atoms with Crippen molar-refractivity contribution in [2.75, 3.05) is 4.72 Å². The molecule has 96 valence electrons. The lowest BCUT2D eigenvalue weighted by Crippen LogP contribution is -2.19. The van der Waals surface area contributed by atoms with Gasteiger partial charge in [0, 0.05) is 7.05 Å². The zero-order chi connectivity index (χ0) is 13.3. The molecule has 0 bridgehead atoms. The predicted octanol–water partition coefficient (Wildman–Crippen LogP) is -0.422. The van der Waals surface area contributed by atoms with Crippen LogP contribution < -0.4 is 10.5 Å². The van der Waals surface area contributed by atoms with Gasteiger partial charge in [-0.2, -0.15) is 18.6 Å². The highest BCUT2D eigenvalue weighted by molar-refractivity contribution is 7.92. The van der Waals surface area contributed by atoms with Crippen molar-refractivity contribution in [3.8, 4) is 0 Å². The molecule has 0 aromatic carbocycles. The largest absolute Gasteiger partial charge is 0.389 e. The third-order valence-corrected chi connectivity index (χ3v) is 3.69. The maximum Gasteiger partial charge on any atom is 0.279 e. The van der Waals surface area contributed by atoms with Gasteiger partial charge in [-0.25, -0.2) is 0 Å². The summed E-state index contributed by atoms with van der Waals surface area (Å²) in [4.78, 5) is 0.0606. The molecule has 2 heterocycles. The second-order valence-electron chi connectivity index (χ2n) is 3.42. The molecule has 0 saturated heterocycles. The highest BCUT2D eigenvalue weighted by Gasteiger charge is 2.20. The number of nitrogens with two attached hydrogens (primary N) is 1. The Bertz CT molecular complexity index is 673. The fourth-order valence-corrected chi connectivity index (χ4v) is 2.48. The first-order chi connectivity index (χ1) is 8.42. The number of anilines is 1. The molecule has 0 aliphatic rings. The van der Waals surface area contributed by atoms with Gasteiger partial charge in [-0.15, -0.1) is 0 Å². The fraction of sp³-hybridized carbons (Fsp3) is 0.125. The molecule has 8 nitrogen and oxygen atoms in total. The van der Waals surface area contributed by atoms with Gasteiger partial charge in [0.05, 0.1) is 18.0 Å². The molecule has 0 radical (unpaired) electrons. The summed E-state index contributed by atoms with van der Waals surface area (Å²) in [7, 11) is -2.19. The monoisotopic (exact) mass is 286 g/mol. The molecular weight excluding hydrogens is 276 g/mol. The van der Waals surface area contributed by atoms with Crippen molar-refractivity contribution < 1.29 is 8.42 Å². The number of aromatic amines is 1. The first kappa shape index (κ1) is 12.5. The molecule has 0 aliphatic carbocycles. The van der Waals surface area contributed by atoms with E-state index in [1.165, 1.54) is 23.1 Å². The van der Waals surface area contributed by atoms with Crippen molar-refractivity contribution in [3.05, 3.63) is 24.0 Å². The number of H-pyrrole nitrogens is 1. The molecule has 2 aromatic rings. The van der Waals surface area contributed by atoms with E-state index in [2.05, 4.69) is 20.0 Å². The first-order valence-electron chi connectivity index (χ1n) is 4.76. The van der Waals surface area contributed by atoms with Gasteiger partial charge in [0.1, 0.15) is 10.8 Å². The summed E-state index contributed by atoms with van der Waals surface area (Å²) in [5.41, 5.74) is 5.85. The quantitative estimate of drug-likeness (QED) is 0.657. The molecule has 0 spiro atoms. The smallest absolute Gasteiger partial charge is 0.279 e. The van der Waals surface area contributed by atoms with Gasteiger partial charge in [-0.1, -0.05) is 12.2 Å². The van der Waals surface area contributed by atoms with Crippen molar-refractivity contribution in [1.82, 2.24) is 20.0 Å². The van der Waals surface area contributed by atoms with Crippen LogP contribution in [0, 0.1) is 0 Å². The van der Waals surface area contributed by atoms with Crippen LogP contribution in [-0.4, -0.2) is 33.4 Å². The van der Waals surface area contributed by atoms with Gasteiger partial charge >= 0.3 is 0 Å². The van der Waals surface area contributed by atoms with Crippen LogP contribution in [0.1, 0.15) is 5.56 Å². The van der Waals surface area contributed by atoms with Crippen LogP contribution in [0.15, 0.2) is 23.5 Å². The normalized spacial score (nSPS) is 11.4. The van der Waals surface area contributed by atoms with E-state index in [0.717, 1.165) is 0 Å². The number of thiocarbonyl (C=S) groups is 1. The molecule has 0 atom stereocenters. The van der Waals surface area contributed by atoms with Crippen molar-refractivity contribution in [1.29, 1.82) is 0 Å². The Morgan fingerprint density at radius 3 is 2.89 bits per heavy atom. The topological polar surface area (TPSA) is 119 Å². The molecular formula is C8H10N6O2S2. The number of aromatic nitrogens is 4. The molecule has 0 fully saturated rings. The molecule has 0 amide bonds. The van der Waals surface area contributed by atoms with Gasteiger partial charge in [-0.3, -0.25) is 14.5 Å². The van der Waals surface area contributed by atoms with Crippen molar-refractivity contribution in [3.63, 3.8) is 0 Å². The van der Waals surface area contributed by atoms with Gasteiger partial charge in [0.25, 0.3) is 10.0 Å². The van der Waals surface area contributed by atoms with Gasteiger partial charge in [0.15, 0.2) is 5.03 Å². The number of hydrogen-bond acceptors (Lipinski definition) is 5. The second-order valence-corrected chi connectivity index (χ2v) is 5.51. The lowest BCUT2D eigenvalue weighted by atomic mass is 10.3. The van der Waals surface area contributed by atoms with Crippen LogP contribution in [0.4, 0.5) is 5.82 Å². The SMILES string of the molecule is Cn1ncc(C(N)=S)c1NS(=O)(=O)c1ccn[nH]1. The first-order valence-corrected chi connectivity index (χ1v) is 6.65. The van der Waals surface area contributed by atoms with E-state index in [-0.39, 0.29) is 15.8 Å². The van der Waals surface area contributed by atoms with E-state index < -0.39 is 10.0 Å². The van der Waals surface area contributed by atoms with E-state index in [9.17, 15) is 8.42 Å². The zero-order valence-corrected chi connectivity index (χ0v) is 10.9. The Kier molecular flexibility index (Phi) is 3.05. The molecule has 0 aliphatic heterocycles. The number of rotatable bonds is 4. The van der Waals surface area contributed by atoms with E-state index in [4.69, 9.17) is 18.0 Å². The van der Waals surface area contributed by atoms with E-state index in [1.54, 1.807) is 7.05 Å². The Balaban J connectivity index is 2.41. The van der Waals surface area contributed by atoms with Crippen LogP contribution in [-0.2, 0) is 17.1 Å². The number of sulfonamides is 1. The third kappa shape index (κ3) is 2.19. The van der Waals surface area contributed by atoms with E-state index in [0.29, 0.717) is 5.56 Å². The minimum atomic E-state index is -3.76. The average molecular weight is 286 g/mol. The van der Waals surface area contributed by atoms with E-state index in [1.807, 2.05) is 0 Å². The molecule has 2 aromatic heterocycles. The highest BCUT2D eigenvalue weighted by Crippen LogP contribution is 2.18. The van der Waals surface area contributed by atoms with E-state index >= 15 is 0 Å². The van der Waals surface area contributed by atoms with Crippen molar-refractivity contribution >= 4 is 33.0 Å². The van der Waals surface area contributed by atoms with Crippen molar-refractivity contribution in [2.24, 2.45) is 12.8 Å². The number of nitrogens with one attached hydrogen (secondary N) is 2. The van der Waals surface area contributed by atoms with Gasteiger partial charge in [-0.05, 0) is 6.07 Å². The van der Waals surface area contributed by atoms with Crippen LogP contribution in [0.2, 0.25) is 0 Å². The third-order valence-electron chi connectivity index (χ3n) is 2.20. The highest BCUT2D eigenvalue weighted by atomic mass is 32.2. The maximum absolute atomic E-state index is 12.0. The summed E-state index contributed by atoms with van der Waals surface area (Å²) < 4.78 is 27.6. The number of hydrogen-bond donors (Lipinski definition) is 3. The summed E-state index contributed by atoms with van der Waals surface area (Å²) in [6.07, 6.45) is 2.74. The Morgan fingerprint density at radius 1 is 1.61 bits per heavy atom. The fourth-order valence-electron chi connectivity index (χ4n) is 1.31. The summed E-state index contributed by atoms with van der Waals surface area (Å²) in [6.45, 7) is 0. The van der Waals surface area contributed by atoms with Gasteiger partial charge < -0.3 is 5.73 Å². The zero-order valence-electron chi connectivity index (χ0n) is 9.28. The number of nitrogens with zero attached hydrogens (tertiary/aromatic N) is 3. The average Bonchev–Trinajstić information content (AvgIpc) is 2.89. The molecule has 2 rings (SSSR count). The summed E-state index contributed by atoms with van der Waals surface area (Å²) in [5.74, 6) is 0.206. The standard InChI is InChI=1S/C8H10N6O2S2/c1-14-8(5(4-11-14)7(9)17)13-18(15,16)6-2-3-10-12-6/h2-4,13H,1H3,(H2,9,17)(H,10,12). The molecule has 18 heavy (non-hydrogen) atoms. The second kappa shape index (κ2) is 4.38. The lowest BCUT2D eigenvalue weighted by molar-refractivity contribution is 0.596. The Hall–Kier alpha value is -1.94. The summed E-state index contributed by atoms with van der Waals surface area (Å²) in [5, 5.41) is 9.79. The van der Waals surface area contributed by atoms with Crippen LogP contribution in [0.5, 0.6) is 0 Å². The number of aryl methyl sites for hydroxylation is 1. The summed E-state index contributed by atoms with van der Waals surface area (Å²) >= 11 is 4.82. The summed E-state index contributed by atoms with van der Waals surface area (Å²) in [6, 6.07) is 1.33. The molecule has 0 saturated carbocycles. The minimum absolute atomic E-state index is 0.0578. The minimum Gasteiger partial charge on any atom is -0.389 e. The maximum atomic E-state index is 12.0. The molecule has 4 N–H and O–H groups in total. The Labute approximate surface area is 108 Å². The van der Waals surface area contributed by atoms with Crippen molar-refractivity contribution in [2.45, 2.75) is 5.03 Å². The van der Waals surface area contributed by atoms with Crippen LogP contribution in [0.25, 0.3) is 0 Å². The Morgan fingerprint density at radius 2 is 2.33 bits per heavy atom. The van der Waals surface area contributed by atoms with Crippen LogP contribution >= 0.6 is 12.2 Å². The molecule has 10 heteroatoms. The van der Waals surface area contributed by atoms with Gasteiger partial charge in [0.2, 0.25) is 0 Å².